The third-order valence-electron chi connectivity index (χ3n) is 8.45. The van der Waals surface area contributed by atoms with Gasteiger partial charge in [-0.2, -0.15) is 0 Å². The summed E-state index contributed by atoms with van der Waals surface area (Å²) in [5.41, 5.74) is 4.07. The van der Waals surface area contributed by atoms with Crippen molar-refractivity contribution in [2.24, 2.45) is 11.8 Å². The molecule has 3 aliphatic carbocycles. The van der Waals surface area contributed by atoms with Crippen LogP contribution in [0.25, 0.3) is 0 Å². The Morgan fingerprint density at radius 2 is 1.92 bits per heavy atom. The lowest BCUT2D eigenvalue weighted by atomic mass is 9.54. The summed E-state index contributed by atoms with van der Waals surface area (Å²) in [6.07, 6.45) is 5.00. The summed E-state index contributed by atoms with van der Waals surface area (Å²) in [5, 5.41) is 3.04. The second-order valence-corrected chi connectivity index (χ2v) is 11.2. The summed E-state index contributed by atoms with van der Waals surface area (Å²) in [6, 6.07) is 6.49. The summed E-state index contributed by atoms with van der Waals surface area (Å²) in [6.45, 7) is 6.03. The number of anilines is 1. The number of hydrogen-bond donors (Lipinski definition) is 1. The van der Waals surface area contributed by atoms with Gasteiger partial charge in [-0.1, -0.05) is 13.0 Å². The molecule has 8 heteroatoms. The van der Waals surface area contributed by atoms with Crippen LogP contribution >= 0.6 is 11.3 Å². The lowest BCUT2D eigenvalue weighted by Crippen LogP contribution is -2.43. The number of rotatable bonds is 5. The number of amides is 1. The zero-order chi connectivity index (χ0) is 25.6. The van der Waals surface area contributed by atoms with Gasteiger partial charge in [0.1, 0.15) is 10.8 Å². The van der Waals surface area contributed by atoms with E-state index in [1.54, 1.807) is 21.0 Å². The molecule has 1 heterocycles. The van der Waals surface area contributed by atoms with E-state index in [0.29, 0.717) is 28.3 Å². The fraction of sp³-hybridized carbons (Fsp3) is 0.536. The van der Waals surface area contributed by atoms with E-state index in [0.717, 1.165) is 48.3 Å². The van der Waals surface area contributed by atoms with Crippen molar-refractivity contribution in [1.82, 2.24) is 0 Å². The van der Waals surface area contributed by atoms with E-state index in [2.05, 4.69) is 30.4 Å². The summed E-state index contributed by atoms with van der Waals surface area (Å²) in [5.74, 6) is 0.0787. The highest BCUT2D eigenvalue weighted by Gasteiger charge is 2.55. The minimum atomic E-state index is -0.956. The Morgan fingerprint density at radius 3 is 2.64 bits per heavy atom. The number of benzene rings is 1. The molecule has 0 unspecified atom stereocenters. The van der Waals surface area contributed by atoms with E-state index in [9.17, 15) is 14.4 Å². The van der Waals surface area contributed by atoms with Crippen LogP contribution in [0.5, 0.6) is 5.75 Å². The van der Waals surface area contributed by atoms with Gasteiger partial charge in [-0.15, -0.1) is 11.3 Å². The van der Waals surface area contributed by atoms with Crippen LogP contribution < -0.4 is 10.1 Å². The lowest BCUT2D eigenvalue weighted by molar-refractivity contribution is -0.152. The van der Waals surface area contributed by atoms with Crippen molar-refractivity contribution in [3.05, 3.63) is 45.3 Å². The molecule has 192 valence electrons. The Bertz CT molecular complexity index is 1220. The first-order valence-electron chi connectivity index (χ1n) is 12.8. The normalized spacial score (nSPS) is 25.6. The van der Waals surface area contributed by atoms with Crippen LogP contribution in [0.2, 0.25) is 0 Å². The summed E-state index contributed by atoms with van der Waals surface area (Å²) in [4.78, 5) is 38.7. The first-order chi connectivity index (χ1) is 17.3. The standard InChI is InChI=1S/C28H33NO6S/c1-5-34-26(31)22-23-21(36-25(22)29-24(30)27(32)35-6-2)14-20-19-9-7-15-13-16(33-4)8-10-17(15)18(19)11-12-28(20,23)3/h8,10,13,18-20H,5-7,9,11-12,14H2,1-4H3,(H,29,30)/t18-,19-,20+,28-/m1/s1. The number of thiophene rings is 1. The molecule has 2 aromatic rings. The molecule has 3 aliphatic rings. The number of carbonyl (C=O) groups excluding carboxylic acids is 3. The van der Waals surface area contributed by atoms with Crippen LogP contribution in [-0.2, 0) is 37.3 Å². The molecule has 1 aromatic carbocycles. The molecule has 1 saturated carbocycles. The lowest BCUT2D eigenvalue weighted by Gasteiger charge is -2.49. The first kappa shape index (κ1) is 24.8. The largest absolute Gasteiger partial charge is 0.497 e. The van der Waals surface area contributed by atoms with Crippen molar-refractivity contribution < 1.29 is 28.6 Å². The Hall–Kier alpha value is -2.87. The Kier molecular flexibility index (Phi) is 6.57. The first-order valence-corrected chi connectivity index (χ1v) is 13.6. The van der Waals surface area contributed by atoms with Gasteiger partial charge >= 0.3 is 17.8 Å². The monoisotopic (exact) mass is 511 g/mol. The molecule has 4 atom stereocenters. The van der Waals surface area contributed by atoms with E-state index in [1.807, 2.05) is 0 Å². The highest BCUT2D eigenvalue weighted by molar-refractivity contribution is 7.17. The highest BCUT2D eigenvalue weighted by atomic mass is 32.1. The van der Waals surface area contributed by atoms with Crippen LogP contribution in [0.15, 0.2) is 18.2 Å². The zero-order valence-corrected chi connectivity index (χ0v) is 22.1. The molecule has 1 fully saturated rings. The van der Waals surface area contributed by atoms with Gasteiger partial charge in [-0.05, 0) is 97.9 Å². The maximum Gasteiger partial charge on any atom is 0.397 e. The number of carbonyl (C=O) groups is 3. The van der Waals surface area contributed by atoms with Crippen molar-refractivity contribution in [3.8, 4) is 5.75 Å². The molecule has 36 heavy (non-hydrogen) atoms. The topological polar surface area (TPSA) is 90.9 Å². The molecule has 0 saturated heterocycles. The van der Waals surface area contributed by atoms with Crippen LogP contribution in [0, 0.1) is 11.8 Å². The molecule has 1 N–H and O–H groups in total. The maximum atomic E-state index is 13.2. The molecule has 7 nitrogen and oxygen atoms in total. The number of ether oxygens (including phenoxy) is 3. The molecule has 1 aromatic heterocycles. The Balaban J connectivity index is 1.49. The SMILES string of the molecule is CCOC(=O)C(=O)Nc1sc2c(c1C(=O)OCC)[C@]1(C)CC[C@@H]3c4ccc(OC)cc4CC[C@H]3[C@@H]1C2. The number of methoxy groups -OCH3 is 1. The van der Waals surface area contributed by atoms with Crippen molar-refractivity contribution in [1.29, 1.82) is 0 Å². The highest BCUT2D eigenvalue weighted by Crippen LogP contribution is 2.63. The van der Waals surface area contributed by atoms with Crippen molar-refractivity contribution in [3.63, 3.8) is 0 Å². The second-order valence-electron chi connectivity index (χ2n) is 10.1. The predicted molar refractivity (Wildman–Crippen MR) is 137 cm³/mol. The zero-order valence-electron chi connectivity index (χ0n) is 21.3. The van der Waals surface area contributed by atoms with Crippen molar-refractivity contribution in [2.45, 2.75) is 64.2 Å². The van der Waals surface area contributed by atoms with Gasteiger partial charge in [0.05, 0.1) is 25.9 Å². The summed E-state index contributed by atoms with van der Waals surface area (Å²) < 4.78 is 15.7. The minimum absolute atomic E-state index is 0.107. The van der Waals surface area contributed by atoms with Gasteiger partial charge in [0.25, 0.3) is 0 Å². The van der Waals surface area contributed by atoms with Gasteiger partial charge < -0.3 is 19.5 Å². The van der Waals surface area contributed by atoms with Crippen LogP contribution in [0.4, 0.5) is 5.00 Å². The molecule has 5 rings (SSSR count). The fourth-order valence-corrected chi connectivity index (χ4v) is 8.33. The molecular formula is C28H33NO6S. The van der Waals surface area contributed by atoms with Gasteiger partial charge in [-0.3, -0.25) is 4.79 Å². The van der Waals surface area contributed by atoms with Crippen LogP contribution in [-0.4, -0.2) is 38.2 Å². The van der Waals surface area contributed by atoms with Crippen LogP contribution in [0.1, 0.15) is 77.9 Å². The van der Waals surface area contributed by atoms with E-state index >= 15 is 0 Å². The van der Waals surface area contributed by atoms with Crippen molar-refractivity contribution >= 4 is 34.2 Å². The number of aryl methyl sites for hydroxylation is 1. The van der Waals surface area contributed by atoms with Gasteiger partial charge in [0.15, 0.2) is 0 Å². The molecule has 0 bridgehead atoms. The van der Waals surface area contributed by atoms with Crippen molar-refractivity contribution in [2.75, 3.05) is 25.6 Å². The number of esters is 2. The average molecular weight is 512 g/mol. The minimum Gasteiger partial charge on any atom is -0.497 e. The predicted octanol–water partition coefficient (Wildman–Crippen LogP) is 5.01. The second kappa shape index (κ2) is 9.54. The Labute approximate surface area is 215 Å². The van der Waals surface area contributed by atoms with E-state index in [-0.39, 0.29) is 18.6 Å². The molecular weight excluding hydrogens is 478 g/mol. The maximum absolute atomic E-state index is 13.2. The third-order valence-corrected chi connectivity index (χ3v) is 9.58. The van der Waals surface area contributed by atoms with Gasteiger partial charge in [0, 0.05) is 4.88 Å². The van der Waals surface area contributed by atoms with E-state index in [1.165, 1.54) is 22.5 Å². The van der Waals surface area contributed by atoms with E-state index in [4.69, 9.17) is 14.2 Å². The summed E-state index contributed by atoms with van der Waals surface area (Å²) in [7, 11) is 1.71. The average Bonchev–Trinajstić information content (AvgIpc) is 3.37. The van der Waals surface area contributed by atoms with Gasteiger partial charge in [0.2, 0.25) is 0 Å². The van der Waals surface area contributed by atoms with Gasteiger partial charge in [-0.25, -0.2) is 9.59 Å². The fourth-order valence-electron chi connectivity index (χ4n) is 6.96. The number of nitrogens with one attached hydrogen (secondary N) is 1. The smallest absolute Gasteiger partial charge is 0.397 e. The molecule has 0 radical (unpaired) electrons. The molecule has 0 aliphatic heterocycles. The van der Waals surface area contributed by atoms with Crippen LogP contribution in [0.3, 0.4) is 0 Å². The Morgan fingerprint density at radius 1 is 1.14 bits per heavy atom. The number of fused-ring (bicyclic) bond motifs is 7. The third kappa shape index (κ3) is 3.90. The quantitative estimate of drug-likeness (QED) is 0.449. The number of hydrogen-bond acceptors (Lipinski definition) is 7. The molecule has 0 spiro atoms. The van der Waals surface area contributed by atoms with E-state index < -0.39 is 17.8 Å². The summed E-state index contributed by atoms with van der Waals surface area (Å²) >= 11 is 1.40. The molecule has 1 amide bonds.